The van der Waals surface area contributed by atoms with Crippen molar-refractivity contribution < 1.29 is 0 Å². The van der Waals surface area contributed by atoms with Crippen LogP contribution in [0.3, 0.4) is 0 Å². The summed E-state index contributed by atoms with van der Waals surface area (Å²) in [6.45, 7) is 1.93. The van der Waals surface area contributed by atoms with Gasteiger partial charge in [0.05, 0.1) is 11.0 Å². The molecule has 0 radical (unpaired) electrons. The molecule has 62 valence electrons. The van der Waals surface area contributed by atoms with Crippen molar-refractivity contribution in [3.63, 3.8) is 0 Å². The Morgan fingerprint density at radius 3 is 2.67 bits per heavy atom. The number of benzene rings is 1. The van der Waals surface area contributed by atoms with Crippen molar-refractivity contribution in [3.8, 4) is 0 Å². The van der Waals surface area contributed by atoms with Gasteiger partial charge in [-0.05, 0) is 19.1 Å². The molecule has 0 spiro atoms. The van der Waals surface area contributed by atoms with Crippen LogP contribution >= 0.6 is 25.3 Å². The highest BCUT2D eigenvalue weighted by Gasteiger charge is 2.01. The highest BCUT2D eigenvalue weighted by atomic mass is 32.1. The number of imidazole rings is 1. The highest BCUT2D eigenvalue weighted by molar-refractivity contribution is 7.83. The fourth-order valence-corrected chi connectivity index (χ4v) is 1.54. The van der Waals surface area contributed by atoms with Crippen molar-refractivity contribution in [1.82, 2.24) is 9.97 Å². The molecule has 2 rings (SSSR count). The Kier molecular flexibility index (Phi) is 1.81. The number of H-pyrrole nitrogens is 1. The number of aryl methyl sites for hydroxylation is 1. The largest absolute Gasteiger partial charge is 0.342 e. The Hall–Kier alpha value is -0.610. The zero-order chi connectivity index (χ0) is 8.72. The molecule has 1 aromatic heterocycles. The Balaban J connectivity index is 2.83. The lowest BCUT2D eigenvalue weighted by atomic mass is 10.3. The van der Waals surface area contributed by atoms with Crippen molar-refractivity contribution in [1.29, 1.82) is 0 Å². The third-order valence-electron chi connectivity index (χ3n) is 1.70. The number of rotatable bonds is 0. The second-order valence-corrected chi connectivity index (χ2v) is 3.64. The van der Waals surface area contributed by atoms with Crippen molar-refractivity contribution in [2.24, 2.45) is 0 Å². The molecule has 0 unspecified atom stereocenters. The highest BCUT2D eigenvalue weighted by Crippen LogP contribution is 2.23. The molecule has 0 amide bonds. The van der Waals surface area contributed by atoms with Gasteiger partial charge in [0.2, 0.25) is 0 Å². The molecule has 0 aliphatic heterocycles. The summed E-state index contributed by atoms with van der Waals surface area (Å²) in [5.41, 5.74) is 1.95. The summed E-state index contributed by atoms with van der Waals surface area (Å²) in [6, 6.07) is 3.84. The summed E-state index contributed by atoms with van der Waals surface area (Å²) in [5, 5.41) is 0. The number of aromatic nitrogens is 2. The summed E-state index contributed by atoms with van der Waals surface area (Å²) < 4.78 is 0. The van der Waals surface area contributed by atoms with E-state index in [0.29, 0.717) is 0 Å². The van der Waals surface area contributed by atoms with Crippen LogP contribution < -0.4 is 0 Å². The molecule has 1 aromatic carbocycles. The average Bonchev–Trinajstić information content (AvgIpc) is 2.30. The molecule has 0 saturated carbocycles. The van der Waals surface area contributed by atoms with Gasteiger partial charge in [0, 0.05) is 9.79 Å². The lowest BCUT2D eigenvalue weighted by molar-refractivity contribution is 1.17. The van der Waals surface area contributed by atoms with E-state index in [1.54, 1.807) is 0 Å². The average molecular weight is 196 g/mol. The molecule has 2 nitrogen and oxygen atoms in total. The number of hydrogen-bond donors (Lipinski definition) is 3. The molecule has 1 N–H and O–H groups in total. The van der Waals surface area contributed by atoms with E-state index in [9.17, 15) is 0 Å². The molecular weight excluding hydrogens is 188 g/mol. The van der Waals surface area contributed by atoms with E-state index < -0.39 is 0 Å². The molecule has 0 atom stereocenters. The lowest BCUT2D eigenvalue weighted by Crippen LogP contribution is -1.73. The molecular formula is C8H8N2S2. The van der Waals surface area contributed by atoms with Crippen molar-refractivity contribution >= 4 is 36.3 Å². The zero-order valence-electron chi connectivity index (χ0n) is 6.50. The summed E-state index contributed by atoms with van der Waals surface area (Å²) >= 11 is 8.51. The maximum Gasteiger partial charge on any atom is 0.104 e. The standard InChI is InChI=1S/C8H8N2S2/c1-4-9-5-2-7(11)8(12)3-6(5)10-4/h2-3,11-12H,1H3,(H,9,10). The minimum atomic E-state index is 0.859. The van der Waals surface area contributed by atoms with E-state index in [0.717, 1.165) is 26.6 Å². The van der Waals surface area contributed by atoms with Crippen LogP contribution in [-0.4, -0.2) is 9.97 Å². The van der Waals surface area contributed by atoms with Crippen LogP contribution in [0.4, 0.5) is 0 Å². The maximum absolute atomic E-state index is 4.28. The minimum Gasteiger partial charge on any atom is -0.342 e. The van der Waals surface area contributed by atoms with E-state index in [1.165, 1.54) is 0 Å². The quantitative estimate of drug-likeness (QED) is 0.555. The lowest BCUT2D eigenvalue weighted by Gasteiger charge is -1.95. The smallest absolute Gasteiger partial charge is 0.104 e. The van der Waals surface area contributed by atoms with Gasteiger partial charge < -0.3 is 4.98 Å². The number of hydrogen-bond acceptors (Lipinski definition) is 3. The predicted octanol–water partition coefficient (Wildman–Crippen LogP) is 2.45. The van der Waals surface area contributed by atoms with Gasteiger partial charge in [0.15, 0.2) is 0 Å². The normalized spacial score (nSPS) is 10.9. The monoisotopic (exact) mass is 196 g/mol. The van der Waals surface area contributed by atoms with Gasteiger partial charge in [0.1, 0.15) is 5.82 Å². The van der Waals surface area contributed by atoms with Crippen LogP contribution in [0.5, 0.6) is 0 Å². The molecule has 0 aliphatic rings. The van der Waals surface area contributed by atoms with Crippen LogP contribution in [-0.2, 0) is 0 Å². The van der Waals surface area contributed by atoms with Gasteiger partial charge in [-0.25, -0.2) is 4.98 Å². The number of thiol groups is 2. The van der Waals surface area contributed by atoms with Crippen LogP contribution in [0.1, 0.15) is 5.82 Å². The summed E-state index contributed by atoms with van der Waals surface area (Å²) in [5.74, 6) is 0.914. The van der Waals surface area contributed by atoms with Gasteiger partial charge in [-0.15, -0.1) is 25.3 Å². The number of nitrogens with zero attached hydrogens (tertiary/aromatic N) is 1. The molecule has 0 saturated heterocycles. The fraction of sp³-hybridized carbons (Fsp3) is 0.125. The van der Waals surface area contributed by atoms with Gasteiger partial charge in [0.25, 0.3) is 0 Å². The Morgan fingerprint density at radius 2 is 1.92 bits per heavy atom. The first-order chi connectivity index (χ1) is 5.66. The predicted molar refractivity (Wildman–Crippen MR) is 55.3 cm³/mol. The van der Waals surface area contributed by atoms with E-state index in [4.69, 9.17) is 0 Å². The summed E-state index contributed by atoms with van der Waals surface area (Å²) in [6.07, 6.45) is 0. The first-order valence-electron chi connectivity index (χ1n) is 3.55. The van der Waals surface area contributed by atoms with Gasteiger partial charge in [-0.2, -0.15) is 0 Å². The summed E-state index contributed by atoms with van der Waals surface area (Å²) in [7, 11) is 0. The SMILES string of the molecule is Cc1nc2cc(S)c(S)cc2[nH]1. The Labute approximate surface area is 81.2 Å². The van der Waals surface area contributed by atoms with Crippen LogP contribution in [0.25, 0.3) is 11.0 Å². The number of nitrogens with one attached hydrogen (secondary N) is 1. The van der Waals surface area contributed by atoms with Crippen molar-refractivity contribution in [2.75, 3.05) is 0 Å². The van der Waals surface area contributed by atoms with E-state index in [1.807, 2.05) is 19.1 Å². The topological polar surface area (TPSA) is 28.7 Å². The van der Waals surface area contributed by atoms with Gasteiger partial charge >= 0.3 is 0 Å². The first kappa shape index (κ1) is 8.01. The number of fused-ring (bicyclic) bond motifs is 1. The maximum atomic E-state index is 4.28. The molecule has 12 heavy (non-hydrogen) atoms. The van der Waals surface area contributed by atoms with E-state index in [2.05, 4.69) is 35.2 Å². The van der Waals surface area contributed by atoms with Crippen LogP contribution in [0.2, 0.25) is 0 Å². The first-order valence-corrected chi connectivity index (χ1v) is 4.44. The van der Waals surface area contributed by atoms with Gasteiger partial charge in [-0.1, -0.05) is 0 Å². The van der Waals surface area contributed by atoms with E-state index in [-0.39, 0.29) is 0 Å². The van der Waals surface area contributed by atoms with Crippen molar-refractivity contribution in [2.45, 2.75) is 16.7 Å². The second-order valence-electron chi connectivity index (χ2n) is 2.68. The van der Waals surface area contributed by atoms with Crippen molar-refractivity contribution in [3.05, 3.63) is 18.0 Å². The Morgan fingerprint density at radius 1 is 1.25 bits per heavy atom. The van der Waals surface area contributed by atoms with Crippen LogP contribution in [0, 0.1) is 6.92 Å². The van der Waals surface area contributed by atoms with E-state index >= 15 is 0 Å². The molecule has 0 bridgehead atoms. The third-order valence-corrected chi connectivity index (χ3v) is 2.61. The summed E-state index contributed by atoms with van der Waals surface area (Å²) in [4.78, 5) is 9.14. The number of aromatic amines is 1. The fourth-order valence-electron chi connectivity index (χ4n) is 1.16. The molecule has 0 aliphatic carbocycles. The Bertz CT molecular complexity index is 395. The molecule has 2 aromatic rings. The molecule has 1 heterocycles. The zero-order valence-corrected chi connectivity index (χ0v) is 8.29. The van der Waals surface area contributed by atoms with Crippen LogP contribution in [0.15, 0.2) is 21.9 Å². The third kappa shape index (κ3) is 1.21. The van der Waals surface area contributed by atoms with Gasteiger partial charge in [-0.3, -0.25) is 0 Å². The molecule has 4 heteroatoms. The minimum absolute atomic E-state index is 0.859. The second kappa shape index (κ2) is 2.71. The molecule has 0 fully saturated rings.